The van der Waals surface area contributed by atoms with E-state index in [0.717, 1.165) is 5.56 Å². The van der Waals surface area contributed by atoms with Crippen LogP contribution in [-0.4, -0.2) is 36.7 Å². The monoisotopic (exact) mass is 344 g/mol. The van der Waals surface area contributed by atoms with Crippen molar-refractivity contribution in [1.82, 2.24) is 10.2 Å². The Morgan fingerprint density at radius 1 is 1.40 bits per heavy atom. The summed E-state index contributed by atoms with van der Waals surface area (Å²) < 4.78 is 10.8. The summed E-state index contributed by atoms with van der Waals surface area (Å²) in [6, 6.07) is 6.47. The molecule has 0 saturated heterocycles. The van der Waals surface area contributed by atoms with E-state index in [1.165, 1.54) is 4.90 Å². The second kappa shape index (κ2) is 8.37. The lowest BCUT2D eigenvalue weighted by atomic mass is 9.94. The highest BCUT2D eigenvalue weighted by molar-refractivity contribution is 5.95. The van der Waals surface area contributed by atoms with Gasteiger partial charge in [-0.15, -0.1) is 0 Å². The fraction of sp³-hybridized carbons (Fsp3) is 0.368. The second-order valence-corrected chi connectivity index (χ2v) is 5.52. The van der Waals surface area contributed by atoms with Gasteiger partial charge in [0.15, 0.2) is 0 Å². The predicted octanol–water partition coefficient (Wildman–Crippen LogP) is 3.17. The van der Waals surface area contributed by atoms with Crippen molar-refractivity contribution >= 4 is 12.0 Å². The van der Waals surface area contributed by atoms with Crippen LogP contribution in [0.3, 0.4) is 0 Å². The molecule has 2 amide bonds. The summed E-state index contributed by atoms with van der Waals surface area (Å²) >= 11 is 0. The van der Waals surface area contributed by atoms with Gasteiger partial charge in [-0.25, -0.2) is 9.59 Å². The Bertz CT molecular complexity index is 696. The maximum Gasteiger partial charge on any atom is 0.338 e. The first kappa shape index (κ1) is 18.6. The summed E-state index contributed by atoms with van der Waals surface area (Å²) in [5, 5.41) is 2.89. The van der Waals surface area contributed by atoms with Gasteiger partial charge in [0.25, 0.3) is 0 Å². The molecule has 0 bridgehead atoms. The Morgan fingerprint density at radius 3 is 2.80 bits per heavy atom. The molecule has 1 atom stereocenters. The van der Waals surface area contributed by atoms with E-state index in [1.54, 1.807) is 19.9 Å². The first-order chi connectivity index (χ1) is 12.0. The minimum Gasteiger partial charge on any atom is -0.490 e. The lowest BCUT2D eigenvalue weighted by molar-refractivity contribution is -0.139. The molecule has 1 heterocycles. The van der Waals surface area contributed by atoms with Gasteiger partial charge in [0, 0.05) is 12.2 Å². The summed E-state index contributed by atoms with van der Waals surface area (Å²) in [6.07, 6.45) is 1.66. The van der Waals surface area contributed by atoms with E-state index >= 15 is 0 Å². The Kier molecular flexibility index (Phi) is 6.22. The molecule has 134 valence electrons. The van der Waals surface area contributed by atoms with Crippen molar-refractivity contribution in [3.05, 3.63) is 53.8 Å². The molecule has 6 heteroatoms. The molecule has 0 spiro atoms. The highest BCUT2D eigenvalue weighted by Crippen LogP contribution is 2.32. The zero-order valence-electron chi connectivity index (χ0n) is 14.9. The number of urea groups is 1. The number of hydrogen-bond donors (Lipinski definition) is 1. The molecular formula is C19H24N2O4. The van der Waals surface area contributed by atoms with E-state index in [2.05, 4.69) is 11.9 Å². The fourth-order valence-corrected chi connectivity index (χ4v) is 2.82. The third kappa shape index (κ3) is 4.02. The van der Waals surface area contributed by atoms with Crippen molar-refractivity contribution in [3.8, 4) is 5.75 Å². The molecule has 1 aliphatic rings. The first-order valence-corrected chi connectivity index (χ1v) is 8.33. The average molecular weight is 344 g/mol. The maximum absolute atomic E-state index is 12.5. The van der Waals surface area contributed by atoms with Crippen LogP contribution < -0.4 is 10.1 Å². The molecule has 1 aromatic rings. The number of carbonyl (C=O) groups is 2. The molecule has 0 radical (unpaired) electrons. The van der Waals surface area contributed by atoms with Gasteiger partial charge in [0.1, 0.15) is 12.4 Å². The van der Waals surface area contributed by atoms with E-state index in [1.807, 2.05) is 31.2 Å². The van der Waals surface area contributed by atoms with Crippen molar-refractivity contribution in [2.75, 3.05) is 19.8 Å². The zero-order valence-corrected chi connectivity index (χ0v) is 14.9. The summed E-state index contributed by atoms with van der Waals surface area (Å²) in [5.41, 5.74) is 1.80. The number of nitrogens with one attached hydrogen (secondary N) is 1. The minimum atomic E-state index is -0.582. The lowest BCUT2D eigenvalue weighted by Gasteiger charge is -2.34. The summed E-state index contributed by atoms with van der Waals surface area (Å²) in [4.78, 5) is 26.4. The van der Waals surface area contributed by atoms with Crippen LogP contribution in [0.2, 0.25) is 0 Å². The van der Waals surface area contributed by atoms with Gasteiger partial charge in [0.05, 0.1) is 18.2 Å². The average Bonchev–Trinajstić information content (AvgIpc) is 2.60. The molecule has 1 N–H and O–H groups in total. The Balaban J connectivity index is 2.46. The number of ether oxygens (including phenoxy) is 2. The molecule has 1 aliphatic heterocycles. The van der Waals surface area contributed by atoms with Crippen LogP contribution in [0.15, 0.2) is 48.2 Å². The van der Waals surface area contributed by atoms with Gasteiger partial charge in [-0.2, -0.15) is 0 Å². The van der Waals surface area contributed by atoms with Gasteiger partial charge in [0.2, 0.25) is 0 Å². The molecule has 25 heavy (non-hydrogen) atoms. The van der Waals surface area contributed by atoms with Crippen molar-refractivity contribution < 1.29 is 19.1 Å². The van der Waals surface area contributed by atoms with E-state index in [9.17, 15) is 9.59 Å². The number of allylic oxidation sites excluding steroid dienone is 1. The van der Waals surface area contributed by atoms with Crippen LogP contribution in [0.4, 0.5) is 4.79 Å². The van der Waals surface area contributed by atoms with Gasteiger partial charge in [-0.1, -0.05) is 24.8 Å². The molecule has 0 fully saturated rings. The van der Waals surface area contributed by atoms with Crippen LogP contribution in [0.25, 0.3) is 0 Å². The highest BCUT2D eigenvalue weighted by Gasteiger charge is 2.35. The van der Waals surface area contributed by atoms with E-state index in [4.69, 9.17) is 9.47 Å². The van der Waals surface area contributed by atoms with Crippen LogP contribution >= 0.6 is 0 Å². The van der Waals surface area contributed by atoms with Crippen molar-refractivity contribution in [2.45, 2.75) is 26.8 Å². The summed E-state index contributed by atoms with van der Waals surface area (Å²) in [5.74, 6) is 0.214. The molecule has 6 nitrogen and oxygen atoms in total. The zero-order chi connectivity index (χ0) is 18.4. The van der Waals surface area contributed by atoms with E-state index < -0.39 is 12.0 Å². The number of nitrogens with zero attached hydrogens (tertiary/aromatic N) is 1. The van der Waals surface area contributed by atoms with E-state index in [0.29, 0.717) is 30.2 Å². The number of esters is 1. The molecule has 0 unspecified atom stereocenters. The van der Waals surface area contributed by atoms with Crippen molar-refractivity contribution in [3.63, 3.8) is 0 Å². The molecule has 0 aromatic heterocycles. The number of carbonyl (C=O) groups excluding carboxylic acids is 2. The minimum absolute atomic E-state index is 0.240. The van der Waals surface area contributed by atoms with Gasteiger partial charge < -0.3 is 14.8 Å². The van der Waals surface area contributed by atoms with Crippen LogP contribution in [0.1, 0.15) is 32.4 Å². The number of benzene rings is 1. The molecule has 2 rings (SSSR count). The Labute approximate surface area is 148 Å². The van der Waals surface area contributed by atoms with E-state index in [-0.39, 0.29) is 12.6 Å². The maximum atomic E-state index is 12.5. The normalized spacial score (nSPS) is 17.2. The molecule has 0 saturated carbocycles. The van der Waals surface area contributed by atoms with Gasteiger partial charge in [-0.3, -0.25) is 4.90 Å². The fourth-order valence-electron chi connectivity index (χ4n) is 2.82. The smallest absolute Gasteiger partial charge is 0.338 e. The SMILES string of the molecule is C=CCOc1cccc([C@@H]2NC(=O)N(CC)C(C)=C2C(=O)OCC)c1. The third-order valence-corrected chi connectivity index (χ3v) is 3.97. The summed E-state index contributed by atoms with van der Waals surface area (Å²) in [7, 11) is 0. The largest absolute Gasteiger partial charge is 0.490 e. The Hall–Kier alpha value is -2.76. The highest BCUT2D eigenvalue weighted by atomic mass is 16.5. The second-order valence-electron chi connectivity index (χ2n) is 5.52. The van der Waals surface area contributed by atoms with Crippen molar-refractivity contribution in [1.29, 1.82) is 0 Å². The predicted molar refractivity (Wildman–Crippen MR) is 95.1 cm³/mol. The lowest BCUT2D eigenvalue weighted by Crippen LogP contribution is -2.47. The first-order valence-electron chi connectivity index (χ1n) is 8.33. The number of amides is 2. The molecule has 1 aromatic carbocycles. The van der Waals surface area contributed by atoms with Crippen LogP contribution in [0, 0.1) is 0 Å². The quantitative estimate of drug-likeness (QED) is 0.609. The molecule has 0 aliphatic carbocycles. The number of rotatable bonds is 7. The Morgan fingerprint density at radius 2 is 2.16 bits per heavy atom. The van der Waals surface area contributed by atoms with Crippen molar-refractivity contribution in [2.24, 2.45) is 0 Å². The summed E-state index contributed by atoms with van der Waals surface area (Å²) in [6.45, 7) is 10.1. The molecular weight excluding hydrogens is 320 g/mol. The van der Waals surface area contributed by atoms with Gasteiger partial charge in [-0.05, 0) is 38.5 Å². The third-order valence-electron chi connectivity index (χ3n) is 3.97. The van der Waals surface area contributed by atoms with Crippen LogP contribution in [-0.2, 0) is 9.53 Å². The standard InChI is InChI=1S/C19H24N2O4/c1-5-11-25-15-10-8-9-14(12-15)17-16(18(22)24-7-3)13(4)21(6-2)19(23)20-17/h5,8-10,12,17H,1,6-7,11H2,2-4H3,(H,20,23)/t17-/m0/s1. The van der Waals surface area contributed by atoms with Crippen LogP contribution in [0.5, 0.6) is 5.75 Å². The topological polar surface area (TPSA) is 67.9 Å². The van der Waals surface area contributed by atoms with Gasteiger partial charge >= 0.3 is 12.0 Å². The number of hydrogen-bond acceptors (Lipinski definition) is 4.